The number of rotatable bonds is 5. The van der Waals surface area contributed by atoms with Crippen LogP contribution in [-0.2, 0) is 4.79 Å². The smallest absolute Gasteiger partial charge is 0.251 e. The van der Waals surface area contributed by atoms with Crippen molar-refractivity contribution in [3.63, 3.8) is 0 Å². The lowest BCUT2D eigenvalue weighted by Crippen LogP contribution is -2.17. The van der Waals surface area contributed by atoms with Crippen molar-refractivity contribution in [2.24, 2.45) is 0 Å². The Morgan fingerprint density at radius 3 is 2.42 bits per heavy atom. The van der Waals surface area contributed by atoms with Gasteiger partial charge in [-0.1, -0.05) is 23.7 Å². The Hall–Kier alpha value is -2.79. The molecule has 0 saturated carbocycles. The molecule has 0 aliphatic carbocycles. The fourth-order valence-corrected chi connectivity index (χ4v) is 2.25. The summed E-state index contributed by atoms with van der Waals surface area (Å²) >= 11 is 6.01. The quantitative estimate of drug-likeness (QED) is 0.817. The Morgan fingerprint density at radius 2 is 1.83 bits per heavy atom. The van der Waals surface area contributed by atoms with E-state index in [9.17, 15) is 9.59 Å². The summed E-state index contributed by atoms with van der Waals surface area (Å²) in [7, 11) is 3.10. The van der Waals surface area contributed by atoms with Gasteiger partial charge in [-0.05, 0) is 42.0 Å². The summed E-state index contributed by atoms with van der Waals surface area (Å²) in [4.78, 5) is 23.4. The van der Waals surface area contributed by atoms with Gasteiger partial charge in [-0.2, -0.15) is 0 Å². The first-order valence-electron chi connectivity index (χ1n) is 7.18. The molecular weight excluding hydrogens is 328 g/mol. The second kappa shape index (κ2) is 8.17. The summed E-state index contributed by atoms with van der Waals surface area (Å²) < 4.78 is 5.06. The number of carbonyl (C=O) groups excluding carboxylic acids is 2. The highest BCUT2D eigenvalue weighted by atomic mass is 35.5. The molecule has 2 aromatic rings. The lowest BCUT2D eigenvalue weighted by atomic mass is 10.1. The van der Waals surface area contributed by atoms with Gasteiger partial charge in [-0.3, -0.25) is 9.59 Å². The summed E-state index contributed by atoms with van der Waals surface area (Å²) in [5.74, 6) is 0.104. The number of hydrogen-bond acceptors (Lipinski definition) is 3. The van der Waals surface area contributed by atoms with Gasteiger partial charge in [0, 0.05) is 24.4 Å². The molecule has 2 N–H and O–H groups in total. The highest BCUT2D eigenvalue weighted by Gasteiger charge is 2.04. The molecule has 0 bridgehead atoms. The molecule has 0 atom stereocenters. The van der Waals surface area contributed by atoms with E-state index in [1.165, 1.54) is 13.2 Å². The van der Waals surface area contributed by atoms with Gasteiger partial charge in [0.05, 0.1) is 12.1 Å². The van der Waals surface area contributed by atoms with Crippen LogP contribution < -0.4 is 15.4 Å². The number of ether oxygens (including phenoxy) is 1. The molecule has 124 valence electrons. The van der Waals surface area contributed by atoms with Crippen LogP contribution in [0.3, 0.4) is 0 Å². The van der Waals surface area contributed by atoms with Crippen LogP contribution in [0.5, 0.6) is 5.75 Å². The van der Waals surface area contributed by atoms with E-state index in [0.29, 0.717) is 22.0 Å². The van der Waals surface area contributed by atoms with E-state index in [4.69, 9.17) is 16.3 Å². The lowest BCUT2D eigenvalue weighted by Gasteiger charge is -2.06. The molecule has 0 aliphatic rings. The van der Waals surface area contributed by atoms with Crippen LogP contribution in [-0.4, -0.2) is 26.0 Å². The van der Waals surface area contributed by atoms with Gasteiger partial charge in [0.1, 0.15) is 5.75 Å². The van der Waals surface area contributed by atoms with E-state index < -0.39 is 0 Å². The maximum atomic E-state index is 11.9. The molecule has 2 amide bonds. The first-order valence-corrected chi connectivity index (χ1v) is 7.56. The molecule has 0 fully saturated rings. The van der Waals surface area contributed by atoms with Crippen LogP contribution in [0.1, 0.15) is 15.9 Å². The predicted octanol–water partition coefficient (Wildman–Crippen LogP) is 3.36. The second-order valence-electron chi connectivity index (χ2n) is 4.87. The lowest BCUT2D eigenvalue weighted by molar-refractivity contribution is -0.111. The number of anilines is 1. The summed E-state index contributed by atoms with van der Waals surface area (Å²) in [5.41, 5.74) is 1.95. The van der Waals surface area contributed by atoms with Gasteiger partial charge in [0.15, 0.2) is 0 Å². The monoisotopic (exact) mass is 344 g/mol. The van der Waals surface area contributed by atoms with Crippen molar-refractivity contribution in [1.82, 2.24) is 5.32 Å². The van der Waals surface area contributed by atoms with Crippen LogP contribution in [0.25, 0.3) is 6.08 Å². The van der Waals surface area contributed by atoms with Gasteiger partial charge in [-0.25, -0.2) is 0 Å². The fourth-order valence-electron chi connectivity index (χ4n) is 1.99. The van der Waals surface area contributed by atoms with Crippen LogP contribution in [0.4, 0.5) is 5.69 Å². The molecule has 0 aliphatic heterocycles. The van der Waals surface area contributed by atoms with Crippen molar-refractivity contribution in [2.75, 3.05) is 19.5 Å². The van der Waals surface area contributed by atoms with Crippen molar-refractivity contribution in [3.8, 4) is 5.75 Å². The van der Waals surface area contributed by atoms with E-state index >= 15 is 0 Å². The third kappa shape index (κ3) is 4.60. The van der Waals surface area contributed by atoms with Gasteiger partial charge in [-0.15, -0.1) is 0 Å². The molecule has 0 aromatic heterocycles. The van der Waals surface area contributed by atoms with Gasteiger partial charge >= 0.3 is 0 Å². The van der Waals surface area contributed by atoms with Crippen molar-refractivity contribution in [3.05, 3.63) is 64.7 Å². The van der Waals surface area contributed by atoms with E-state index in [-0.39, 0.29) is 11.8 Å². The van der Waals surface area contributed by atoms with E-state index in [1.54, 1.807) is 55.6 Å². The minimum absolute atomic E-state index is 0.153. The normalized spacial score (nSPS) is 10.5. The minimum Gasteiger partial charge on any atom is -0.495 e. The first kappa shape index (κ1) is 17.6. The summed E-state index contributed by atoms with van der Waals surface area (Å²) in [6.45, 7) is 0. The molecule has 6 heteroatoms. The van der Waals surface area contributed by atoms with E-state index in [2.05, 4.69) is 10.6 Å². The van der Waals surface area contributed by atoms with Gasteiger partial charge in [0.2, 0.25) is 5.91 Å². The summed E-state index contributed by atoms with van der Waals surface area (Å²) in [6.07, 6.45) is 3.07. The molecule has 0 unspecified atom stereocenters. The second-order valence-corrected chi connectivity index (χ2v) is 5.28. The van der Waals surface area contributed by atoms with Crippen molar-refractivity contribution < 1.29 is 14.3 Å². The molecule has 24 heavy (non-hydrogen) atoms. The van der Waals surface area contributed by atoms with Crippen molar-refractivity contribution >= 4 is 35.2 Å². The maximum Gasteiger partial charge on any atom is 0.251 e. The Kier molecular flexibility index (Phi) is 5.98. The molecule has 5 nitrogen and oxygen atoms in total. The highest BCUT2D eigenvalue weighted by Crippen LogP contribution is 2.27. The molecular formula is C18H17ClN2O3. The molecule has 0 radical (unpaired) electrons. The zero-order valence-corrected chi connectivity index (χ0v) is 14.1. The Balaban J connectivity index is 2.00. The first-order chi connectivity index (χ1) is 11.5. The zero-order valence-electron chi connectivity index (χ0n) is 13.3. The van der Waals surface area contributed by atoms with Gasteiger partial charge in [0.25, 0.3) is 5.91 Å². The number of carbonyl (C=O) groups is 2. The minimum atomic E-state index is -0.286. The van der Waals surface area contributed by atoms with Crippen LogP contribution >= 0.6 is 11.6 Å². The SMILES string of the molecule is CNC(=O)c1ccc(/C=C/C(=O)Nc2ccc(OC)c(Cl)c2)cc1. The Labute approximate surface area is 145 Å². The maximum absolute atomic E-state index is 11.9. The molecule has 2 aromatic carbocycles. The standard InChI is InChI=1S/C18H17ClN2O3/c1-20-18(23)13-6-3-12(4-7-13)5-10-17(22)21-14-8-9-16(24-2)15(19)11-14/h3-11H,1-2H3,(H,20,23)(H,21,22)/b10-5+. The summed E-state index contributed by atoms with van der Waals surface area (Å²) in [5, 5.41) is 5.68. The number of hydrogen-bond donors (Lipinski definition) is 2. The highest BCUT2D eigenvalue weighted by molar-refractivity contribution is 6.32. The summed E-state index contributed by atoms with van der Waals surface area (Å²) in [6, 6.07) is 11.9. The third-order valence-electron chi connectivity index (χ3n) is 3.25. The Bertz CT molecular complexity index is 770. The van der Waals surface area contributed by atoms with Crippen LogP contribution in [0.15, 0.2) is 48.5 Å². The zero-order chi connectivity index (χ0) is 17.5. The average Bonchev–Trinajstić information content (AvgIpc) is 2.60. The third-order valence-corrected chi connectivity index (χ3v) is 3.54. The topological polar surface area (TPSA) is 67.4 Å². The van der Waals surface area contributed by atoms with E-state index in [1.807, 2.05) is 0 Å². The molecule has 2 rings (SSSR count). The van der Waals surface area contributed by atoms with Crippen molar-refractivity contribution in [2.45, 2.75) is 0 Å². The average molecular weight is 345 g/mol. The predicted molar refractivity (Wildman–Crippen MR) is 95.5 cm³/mol. The molecule has 0 saturated heterocycles. The number of benzene rings is 2. The molecule has 0 heterocycles. The number of nitrogens with one attached hydrogen (secondary N) is 2. The van der Waals surface area contributed by atoms with Crippen LogP contribution in [0, 0.1) is 0 Å². The van der Waals surface area contributed by atoms with Crippen molar-refractivity contribution in [1.29, 1.82) is 0 Å². The fraction of sp³-hybridized carbons (Fsp3) is 0.111. The Morgan fingerprint density at radius 1 is 1.12 bits per heavy atom. The van der Waals surface area contributed by atoms with E-state index in [0.717, 1.165) is 5.56 Å². The van der Waals surface area contributed by atoms with Crippen LogP contribution in [0.2, 0.25) is 5.02 Å². The number of methoxy groups -OCH3 is 1. The number of halogens is 1. The number of amides is 2. The largest absolute Gasteiger partial charge is 0.495 e. The van der Waals surface area contributed by atoms with Gasteiger partial charge < -0.3 is 15.4 Å². The molecule has 0 spiro atoms.